The van der Waals surface area contributed by atoms with Crippen LogP contribution in [0.3, 0.4) is 0 Å². The summed E-state index contributed by atoms with van der Waals surface area (Å²) in [6, 6.07) is 15.1. The number of hydrogen-bond donors (Lipinski definition) is 1. The molecule has 2 aliphatic heterocycles. The number of halogens is 1. The van der Waals surface area contributed by atoms with Crippen LogP contribution in [0.2, 0.25) is 5.02 Å². The number of benzene rings is 2. The lowest BCUT2D eigenvalue weighted by molar-refractivity contribution is 0.0515. The molecular formula is C32H35ClN4O3. The van der Waals surface area contributed by atoms with Gasteiger partial charge in [0, 0.05) is 49.8 Å². The highest BCUT2D eigenvalue weighted by Gasteiger charge is 2.39. The zero-order valence-corrected chi connectivity index (χ0v) is 23.6. The summed E-state index contributed by atoms with van der Waals surface area (Å²) in [7, 11) is 1.56. The van der Waals surface area contributed by atoms with Crippen LogP contribution in [0.25, 0.3) is 0 Å². The molecule has 40 heavy (non-hydrogen) atoms. The van der Waals surface area contributed by atoms with Crippen LogP contribution >= 0.6 is 11.6 Å². The van der Waals surface area contributed by atoms with E-state index in [1.807, 2.05) is 29.4 Å². The van der Waals surface area contributed by atoms with Crippen LogP contribution in [0.15, 0.2) is 60.9 Å². The van der Waals surface area contributed by atoms with Crippen LogP contribution in [0, 0.1) is 5.41 Å². The molecule has 0 radical (unpaired) electrons. The molecule has 3 heterocycles. The van der Waals surface area contributed by atoms with Gasteiger partial charge in [-0.3, -0.25) is 14.6 Å². The van der Waals surface area contributed by atoms with E-state index in [9.17, 15) is 9.59 Å². The molecule has 1 aromatic heterocycles. The summed E-state index contributed by atoms with van der Waals surface area (Å²) in [5.74, 6) is 0.468. The van der Waals surface area contributed by atoms with Gasteiger partial charge in [-0.15, -0.1) is 0 Å². The standard InChI is InChI=1S/C32H35ClN4O3/c1-40-25-5-6-26(28(33)21-25)30(38)35-29-7-4-22-2-3-23(20-27(22)29)31(39)37-18-12-32(13-19-37)10-16-36(17-11-32)24-8-14-34-15-9-24/h2-3,5-6,8-9,14-15,20-21,29H,4,7,10-13,16-19H2,1H3,(H,35,38). The first-order valence-corrected chi connectivity index (χ1v) is 14.5. The van der Waals surface area contributed by atoms with Gasteiger partial charge in [-0.05, 0) is 97.5 Å². The predicted octanol–water partition coefficient (Wildman–Crippen LogP) is 5.68. The Kier molecular flexibility index (Phi) is 7.41. The summed E-state index contributed by atoms with van der Waals surface area (Å²) in [6.45, 7) is 3.69. The van der Waals surface area contributed by atoms with Gasteiger partial charge >= 0.3 is 0 Å². The molecule has 1 atom stereocenters. The third-order valence-corrected chi connectivity index (χ3v) is 9.47. The second-order valence-corrected chi connectivity index (χ2v) is 11.7. The highest BCUT2D eigenvalue weighted by atomic mass is 35.5. The minimum absolute atomic E-state index is 0.0852. The number of piperidine rings is 2. The molecule has 0 saturated carbocycles. The normalized spacial score (nSPS) is 19.8. The lowest BCUT2D eigenvalue weighted by atomic mass is 9.71. The fourth-order valence-corrected chi connectivity index (χ4v) is 6.85. The van der Waals surface area contributed by atoms with Crippen molar-refractivity contribution in [2.45, 2.75) is 44.6 Å². The number of likely N-dealkylation sites (tertiary alicyclic amines) is 1. The molecule has 1 spiro atoms. The molecule has 1 aliphatic carbocycles. The van der Waals surface area contributed by atoms with Crippen molar-refractivity contribution >= 4 is 29.1 Å². The number of nitrogens with zero attached hydrogens (tertiary/aromatic N) is 3. The Bertz CT molecular complexity index is 1390. The molecular weight excluding hydrogens is 524 g/mol. The average molecular weight is 559 g/mol. The smallest absolute Gasteiger partial charge is 0.253 e. The summed E-state index contributed by atoms with van der Waals surface area (Å²) >= 11 is 6.33. The van der Waals surface area contributed by atoms with Gasteiger partial charge in [0.1, 0.15) is 5.75 Å². The number of amides is 2. The van der Waals surface area contributed by atoms with E-state index < -0.39 is 0 Å². The Morgan fingerprint density at radius 3 is 2.40 bits per heavy atom. The number of carbonyl (C=O) groups is 2. The highest BCUT2D eigenvalue weighted by Crippen LogP contribution is 2.42. The number of hydrogen-bond acceptors (Lipinski definition) is 5. The third-order valence-electron chi connectivity index (χ3n) is 9.16. The van der Waals surface area contributed by atoms with E-state index in [0.29, 0.717) is 27.3 Å². The Labute approximate surface area is 240 Å². The molecule has 1 N–H and O–H groups in total. The number of carbonyl (C=O) groups excluding carboxylic acids is 2. The largest absolute Gasteiger partial charge is 0.497 e. The Morgan fingerprint density at radius 1 is 0.975 bits per heavy atom. The number of aryl methyl sites for hydroxylation is 1. The van der Waals surface area contributed by atoms with Crippen LogP contribution < -0.4 is 15.0 Å². The molecule has 2 aromatic carbocycles. The summed E-state index contributed by atoms with van der Waals surface area (Å²) in [5, 5.41) is 3.48. The van der Waals surface area contributed by atoms with Gasteiger partial charge in [-0.1, -0.05) is 17.7 Å². The maximum Gasteiger partial charge on any atom is 0.253 e. The van der Waals surface area contributed by atoms with Crippen molar-refractivity contribution in [2.75, 3.05) is 38.2 Å². The lowest BCUT2D eigenvalue weighted by Gasteiger charge is -2.47. The Hall–Kier alpha value is -3.58. The fourth-order valence-electron chi connectivity index (χ4n) is 6.59. The first-order valence-electron chi connectivity index (χ1n) is 14.2. The molecule has 208 valence electrons. The number of fused-ring (bicyclic) bond motifs is 1. The molecule has 6 rings (SSSR count). The van der Waals surface area contributed by atoms with Gasteiger partial charge in [0.25, 0.3) is 11.8 Å². The van der Waals surface area contributed by atoms with Crippen molar-refractivity contribution in [1.82, 2.24) is 15.2 Å². The number of pyridine rings is 1. The van der Waals surface area contributed by atoms with Crippen molar-refractivity contribution < 1.29 is 14.3 Å². The van der Waals surface area contributed by atoms with Crippen LogP contribution in [-0.2, 0) is 6.42 Å². The van der Waals surface area contributed by atoms with E-state index in [-0.39, 0.29) is 17.9 Å². The van der Waals surface area contributed by atoms with Crippen LogP contribution in [-0.4, -0.2) is 55.0 Å². The summed E-state index contributed by atoms with van der Waals surface area (Å²) in [6.07, 6.45) is 9.81. The van der Waals surface area contributed by atoms with Crippen LogP contribution in [0.1, 0.15) is 70.0 Å². The van der Waals surface area contributed by atoms with E-state index in [4.69, 9.17) is 16.3 Å². The van der Waals surface area contributed by atoms with E-state index in [1.54, 1.807) is 25.3 Å². The number of nitrogens with one attached hydrogen (secondary N) is 1. The molecule has 1 unspecified atom stereocenters. The van der Waals surface area contributed by atoms with Crippen LogP contribution in [0.5, 0.6) is 5.75 Å². The van der Waals surface area contributed by atoms with Gasteiger partial charge in [0.05, 0.1) is 23.7 Å². The summed E-state index contributed by atoms with van der Waals surface area (Å²) < 4.78 is 5.19. The van der Waals surface area contributed by atoms with Crippen molar-refractivity contribution in [2.24, 2.45) is 5.41 Å². The zero-order chi connectivity index (χ0) is 27.7. The van der Waals surface area contributed by atoms with Gasteiger partial charge in [-0.25, -0.2) is 0 Å². The Morgan fingerprint density at radius 2 is 1.70 bits per heavy atom. The van der Waals surface area contributed by atoms with Crippen LogP contribution in [0.4, 0.5) is 5.69 Å². The van der Waals surface area contributed by atoms with E-state index in [1.165, 1.54) is 11.3 Å². The molecule has 8 heteroatoms. The second kappa shape index (κ2) is 11.1. The molecule has 2 amide bonds. The summed E-state index contributed by atoms with van der Waals surface area (Å²) in [5.41, 5.74) is 4.90. The molecule has 2 saturated heterocycles. The third kappa shape index (κ3) is 5.27. The minimum atomic E-state index is -0.224. The molecule has 0 bridgehead atoms. The van der Waals surface area contributed by atoms with Gasteiger partial charge in [0.15, 0.2) is 0 Å². The average Bonchev–Trinajstić information content (AvgIpc) is 3.39. The number of aromatic nitrogens is 1. The quantitative estimate of drug-likeness (QED) is 0.436. The highest BCUT2D eigenvalue weighted by molar-refractivity contribution is 6.34. The molecule has 7 nitrogen and oxygen atoms in total. The van der Waals surface area contributed by atoms with Gasteiger partial charge in [0.2, 0.25) is 0 Å². The topological polar surface area (TPSA) is 74.8 Å². The molecule has 3 aliphatic rings. The van der Waals surface area contributed by atoms with E-state index >= 15 is 0 Å². The maximum atomic E-state index is 13.6. The minimum Gasteiger partial charge on any atom is -0.497 e. The van der Waals surface area contributed by atoms with Gasteiger partial charge in [-0.2, -0.15) is 0 Å². The van der Waals surface area contributed by atoms with E-state index in [2.05, 4.69) is 33.4 Å². The zero-order valence-electron chi connectivity index (χ0n) is 22.9. The SMILES string of the molecule is COc1ccc(C(=O)NC2CCc3ccc(C(=O)N4CCC5(CC4)CCN(c4ccncc4)CC5)cc32)c(Cl)c1. The number of ether oxygens (including phenoxy) is 1. The van der Waals surface area contributed by atoms with Crippen molar-refractivity contribution in [3.05, 3.63) is 88.2 Å². The Balaban J connectivity index is 1.08. The van der Waals surface area contributed by atoms with Crippen molar-refractivity contribution in [3.63, 3.8) is 0 Å². The maximum absolute atomic E-state index is 13.6. The lowest BCUT2D eigenvalue weighted by Crippen LogP contribution is -2.48. The number of rotatable bonds is 5. The first-order chi connectivity index (χ1) is 19.4. The number of methoxy groups -OCH3 is 1. The van der Waals surface area contributed by atoms with E-state index in [0.717, 1.165) is 70.3 Å². The van der Waals surface area contributed by atoms with Gasteiger partial charge < -0.3 is 19.9 Å². The predicted molar refractivity (Wildman–Crippen MR) is 156 cm³/mol. The van der Waals surface area contributed by atoms with Crippen molar-refractivity contribution in [1.29, 1.82) is 0 Å². The molecule has 2 fully saturated rings. The second-order valence-electron chi connectivity index (χ2n) is 11.3. The fraction of sp³-hybridized carbons (Fsp3) is 0.406. The summed E-state index contributed by atoms with van der Waals surface area (Å²) in [4.78, 5) is 35.2. The number of anilines is 1. The first kappa shape index (κ1) is 26.6. The molecule has 3 aromatic rings. The van der Waals surface area contributed by atoms with Crippen molar-refractivity contribution in [3.8, 4) is 5.75 Å². The monoisotopic (exact) mass is 558 g/mol.